The highest BCUT2D eigenvalue weighted by molar-refractivity contribution is 9.10. The number of hydrogen-bond donors (Lipinski definition) is 0. The van der Waals surface area contributed by atoms with E-state index in [4.69, 9.17) is 21.1 Å². The third-order valence-corrected chi connectivity index (χ3v) is 6.97. The first-order chi connectivity index (χ1) is 14.6. The summed E-state index contributed by atoms with van der Waals surface area (Å²) >= 11 is 9.78. The number of anilines is 1. The van der Waals surface area contributed by atoms with E-state index >= 15 is 0 Å². The fraction of sp³-hybridized carbons (Fsp3) is 0.636. The molecule has 2 amide bonds. The Morgan fingerprint density at radius 2 is 1.90 bits per heavy atom. The molecule has 0 bridgehead atoms. The molecule has 1 aromatic carbocycles. The molecule has 3 aliphatic heterocycles. The van der Waals surface area contributed by atoms with Crippen LogP contribution in [0.15, 0.2) is 16.6 Å². The lowest BCUT2D eigenvalue weighted by Gasteiger charge is -2.43. The number of halogens is 2. The van der Waals surface area contributed by atoms with Crippen molar-refractivity contribution in [1.82, 2.24) is 9.80 Å². The Morgan fingerprint density at radius 3 is 2.55 bits per heavy atom. The Morgan fingerprint density at radius 1 is 1.23 bits per heavy atom. The zero-order valence-corrected chi connectivity index (χ0v) is 20.5. The summed E-state index contributed by atoms with van der Waals surface area (Å²) < 4.78 is 12.3. The molecule has 0 spiro atoms. The molecule has 7 nitrogen and oxygen atoms in total. The van der Waals surface area contributed by atoms with Crippen LogP contribution in [0.4, 0.5) is 10.5 Å². The van der Waals surface area contributed by atoms with E-state index in [1.807, 2.05) is 26.8 Å². The van der Waals surface area contributed by atoms with E-state index < -0.39 is 11.7 Å². The molecule has 2 saturated heterocycles. The van der Waals surface area contributed by atoms with Gasteiger partial charge in [0, 0.05) is 36.6 Å². The number of carbonyl (C=O) groups excluding carboxylic acids is 2. The molecular weight excluding hydrogens is 486 g/mol. The van der Waals surface area contributed by atoms with E-state index in [1.165, 1.54) is 0 Å². The van der Waals surface area contributed by atoms with Crippen LogP contribution in [0, 0.1) is 5.92 Å². The smallest absolute Gasteiger partial charge is 0.410 e. The Kier molecular flexibility index (Phi) is 6.43. The quantitative estimate of drug-likeness (QED) is 0.604. The predicted molar refractivity (Wildman–Crippen MR) is 123 cm³/mol. The Bertz CT molecular complexity index is 863. The number of hydrogen-bond acceptors (Lipinski definition) is 5. The van der Waals surface area contributed by atoms with Gasteiger partial charge >= 0.3 is 6.09 Å². The van der Waals surface area contributed by atoms with Gasteiger partial charge in [-0.05, 0) is 74.8 Å². The van der Waals surface area contributed by atoms with Crippen LogP contribution in [-0.4, -0.2) is 72.8 Å². The molecule has 0 N–H and O–H groups in total. The summed E-state index contributed by atoms with van der Waals surface area (Å²) in [5, 5.41) is 0.530. The number of nitrogens with zero attached hydrogens (tertiary/aromatic N) is 3. The maximum Gasteiger partial charge on any atom is 0.410 e. The minimum atomic E-state index is -0.541. The van der Waals surface area contributed by atoms with Gasteiger partial charge in [0.15, 0.2) is 6.10 Å². The van der Waals surface area contributed by atoms with Gasteiger partial charge < -0.3 is 19.3 Å². The average molecular weight is 515 g/mol. The number of fused-ring (bicyclic) bond motifs is 1. The Hall–Kier alpha value is -1.51. The lowest BCUT2D eigenvalue weighted by atomic mass is 9.98. The maximum atomic E-state index is 13.4. The molecule has 2 fully saturated rings. The van der Waals surface area contributed by atoms with E-state index in [-0.39, 0.29) is 17.9 Å². The standard InChI is InChI=1S/C22H29BrClN3O4/c1-22(2,3)31-21(29)26-10-14(11-26)12-27-17-9-16(24)15(23)8-18(17)30-19(20(27)28)13-25-6-4-5-7-25/h8-9,14,19H,4-7,10-13H2,1-3H3. The molecule has 9 heteroatoms. The Labute approximate surface area is 196 Å². The second kappa shape index (κ2) is 8.79. The van der Waals surface area contributed by atoms with Gasteiger partial charge in [-0.2, -0.15) is 0 Å². The summed E-state index contributed by atoms with van der Waals surface area (Å²) in [7, 11) is 0. The molecule has 0 aliphatic carbocycles. The molecule has 3 heterocycles. The molecule has 1 unspecified atom stereocenters. The third-order valence-electron chi connectivity index (χ3n) is 5.78. The van der Waals surface area contributed by atoms with Crippen LogP contribution in [0.3, 0.4) is 0 Å². The molecule has 0 aromatic heterocycles. The van der Waals surface area contributed by atoms with Crippen molar-refractivity contribution in [3.63, 3.8) is 0 Å². The van der Waals surface area contributed by atoms with Crippen LogP contribution >= 0.6 is 27.5 Å². The minimum Gasteiger partial charge on any atom is -0.477 e. The van der Waals surface area contributed by atoms with Crippen LogP contribution in [0.1, 0.15) is 33.6 Å². The van der Waals surface area contributed by atoms with Crippen molar-refractivity contribution in [2.75, 3.05) is 44.2 Å². The van der Waals surface area contributed by atoms with E-state index in [0.29, 0.717) is 42.6 Å². The van der Waals surface area contributed by atoms with E-state index in [2.05, 4.69) is 20.8 Å². The normalized spacial score (nSPS) is 22.2. The third kappa shape index (κ3) is 5.12. The molecule has 0 radical (unpaired) electrons. The van der Waals surface area contributed by atoms with Crippen LogP contribution in [0.2, 0.25) is 5.02 Å². The number of rotatable bonds is 4. The van der Waals surface area contributed by atoms with Crippen molar-refractivity contribution >= 4 is 45.2 Å². The molecule has 170 valence electrons. The van der Waals surface area contributed by atoms with Gasteiger partial charge in [0.05, 0.1) is 10.7 Å². The Balaban J connectivity index is 1.47. The van der Waals surface area contributed by atoms with Crippen molar-refractivity contribution in [1.29, 1.82) is 0 Å². The van der Waals surface area contributed by atoms with Gasteiger partial charge in [-0.15, -0.1) is 0 Å². The highest BCUT2D eigenvalue weighted by Gasteiger charge is 2.41. The summed E-state index contributed by atoms with van der Waals surface area (Å²) in [6.45, 7) is 9.80. The topological polar surface area (TPSA) is 62.3 Å². The predicted octanol–water partition coefficient (Wildman–Crippen LogP) is 4.16. The summed E-state index contributed by atoms with van der Waals surface area (Å²) in [5.74, 6) is 0.786. The van der Waals surface area contributed by atoms with Crippen LogP contribution in [0.25, 0.3) is 0 Å². The van der Waals surface area contributed by atoms with Gasteiger partial charge in [0.2, 0.25) is 0 Å². The van der Waals surface area contributed by atoms with Crippen molar-refractivity contribution in [3.05, 3.63) is 21.6 Å². The summed E-state index contributed by atoms with van der Waals surface area (Å²) in [6.07, 6.45) is 1.47. The summed E-state index contributed by atoms with van der Waals surface area (Å²) in [6, 6.07) is 3.61. The van der Waals surface area contributed by atoms with E-state index in [0.717, 1.165) is 30.4 Å². The second-order valence-corrected chi connectivity index (χ2v) is 10.8. The molecule has 0 saturated carbocycles. The minimum absolute atomic E-state index is 0.0477. The van der Waals surface area contributed by atoms with Crippen LogP contribution in [-0.2, 0) is 9.53 Å². The largest absolute Gasteiger partial charge is 0.477 e. The molecule has 1 atom stereocenters. The fourth-order valence-electron chi connectivity index (χ4n) is 4.24. The van der Waals surface area contributed by atoms with Crippen LogP contribution < -0.4 is 9.64 Å². The van der Waals surface area contributed by atoms with Gasteiger partial charge in [-0.1, -0.05) is 11.6 Å². The number of amides is 2. The summed E-state index contributed by atoms with van der Waals surface area (Å²) in [4.78, 5) is 31.4. The maximum absolute atomic E-state index is 13.4. The zero-order chi connectivity index (χ0) is 22.3. The SMILES string of the molecule is CC(C)(C)OC(=O)N1CC(CN2C(=O)C(CN3CCCC3)Oc3cc(Br)c(Cl)cc32)C1. The first-order valence-electron chi connectivity index (χ1n) is 10.8. The first-order valence-corrected chi connectivity index (χ1v) is 11.9. The van der Waals surface area contributed by atoms with E-state index in [1.54, 1.807) is 15.9 Å². The van der Waals surface area contributed by atoms with Crippen molar-refractivity contribution < 1.29 is 19.1 Å². The van der Waals surface area contributed by atoms with E-state index in [9.17, 15) is 9.59 Å². The fourth-order valence-corrected chi connectivity index (χ4v) is 4.72. The van der Waals surface area contributed by atoms with Gasteiger partial charge in [-0.3, -0.25) is 9.69 Å². The highest BCUT2D eigenvalue weighted by atomic mass is 79.9. The highest BCUT2D eigenvalue weighted by Crippen LogP contribution is 2.41. The monoisotopic (exact) mass is 513 g/mol. The molecule has 4 rings (SSSR count). The molecule has 31 heavy (non-hydrogen) atoms. The molecule has 1 aromatic rings. The molecule has 3 aliphatic rings. The number of benzene rings is 1. The van der Waals surface area contributed by atoms with Gasteiger partial charge in [-0.25, -0.2) is 4.79 Å². The van der Waals surface area contributed by atoms with Crippen molar-refractivity contribution in [2.24, 2.45) is 5.92 Å². The lowest BCUT2D eigenvalue weighted by molar-refractivity contribution is -0.127. The first kappa shape index (κ1) is 22.7. The number of carbonyl (C=O) groups is 2. The molecular formula is C22H29BrClN3O4. The van der Waals surface area contributed by atoms with Crippen molar-refractivity contribution in [3.8, 4) is 5.75 Å². The number of ether oxygens (including phenoxy) is 2. The van der Waals surface area contributed by atoms with Gasteiger partial charge in [0.1, 0.15) is 11.4 Å². The number of likely N-dealkylation sites (tertiary alicyclic amines) is 2. The summed E-state index contributed by atoms with van der Waals surface area (Å²) in [5.41, 5.74) is 0.167. The van der Waals surface area contributed by atoms with Crippen molar-refractivity contribution in [2.45, 2.75) is 45.3 Å². The van der Waals surface area contributed by atoms with Gasteiger partial charge in [0.25, 0.3) is 5.91 Å². The second-order valence-electron chi connectivity index (χ2n) is 9.55. The zero-order valence-electron chi connectivity index (χ0n) is 18.2. The lowest BCUT2D eigenvalue weighted by Crippen LogP contribution is -2.58. The van der Waals surface area contributed by atoms with Crippen LogP contribution in [0.5, 0.6) is 5.75 Å². The average Bonchev–Trinajstić information content (AvgIpc) is 3.13.